The zero-order valence-corrected chi connectivity index (χ0v) is 9.43. The van der Waals surface area contributed by atoms with E-state index in [4.69, 9.17) is 4.74 Å². The number of ether oxygens (including phenoxy) is 1. The van der Waals surface area contributed by atoms with E-state index < -0.39 is 0 Å². The van der Waals surface area contributed by atoms with E-state index >= 15 is 0 Å². The molecule has 14 heavy (non-hydrogen) atoms. The van der Waals surface area contributed by atoms with Crippen molar-refractivity contribution in [1.82, 2.24) is 10.6 Å². The Labute approximate surface area is 86.4 Å². The zero-order chi connectivity index (χ0) is 10.8. The van der Waals surface area contributed by atoms with Crippen LogP contribution in [-0.2, 0) is 9.53 Å². The number of amides is 1. The van der Waals surface area contributed by atoms with Crippen molar-refractivity contribution in [2.45, 2.75) is 32.8 Å². The fourth-order valence-corrected chi connectivity index (χ4v) is 0.939. The molecule has 0 radical (unpaired) electrons. The molecule has 0 bridgehead atoms. The minimum atomic E-state index is 0.0572. The third kappa shape index (κ3) is 8.01. The van der Waals surface area contributed by atoms with Crippen molar-refractivity contribution >= 4 is 5.91 Å². The molecule has 0 saturated heterocycles. The van der Waals surface area contributed by atoms with E-state index in [0.717, 1.165) is 19.4 Å². The van der Waals surface area contributed by atoms with Crippen LogP contribution in [0.4, 0.5) is 0 Å². The second-order valence-corrected chi connectivity index (χ2v) is 3.38. The predicted molar refractivity (Wildman–Crippen MR) is 57.3 cm³/mol. The Hall–Kier alpha value is -0.610. The van der Waals surface area contributed by atoms with Gasteiger partial charge in [0.15, 0.2) is 0 Å². The summed E-state index contributed by atoms with van der Waals surface area (Å²) in [5, 5.41) is 5.86. The van der Waals surface area contributed by atoms with Gasteiger partial charge in [0.05, 0.1) is 12.6 Å². The quantitative estimate of drug-likeness (QED) is 0.564. The first kappa shape index (κ1) is 13.4. The molecule has 0 aliphatic rings. The first-order chi connectivity index (χ1) is 6.70. The average Bonchev–Trinajstić information content (AvgIpc) is 2.18. The zero-order valence-electron chi connectivity index (χ0n) is 9.43. The second-order valence-electron chi connectivity index (χ2n) is 3.38. The SMILES string of the molecule is CCCCNC(=O)CNCC(C)OC. The van der Waals surface area contributed by atoms with Crippen molar-refractivity contribution in [3.63, 3.8) is 0 Å². The van der Waals surface area contributed by atoms with E-state index in [1.165, 1.54) is 0 Å². The molecule has 2 N–H and O–H groups in total. The van der Waals surface area contributed by atoms with E-state index in [9.17, 15) is 4.79 Å². The smallest absolute Gasteiger partial charge is 0.233 e. The number of unbranched alkanes of at least 4 members (excludes halogenated alkanes) is 1. The molecule has 4 nitrogen and oxygen atoms in total. The summed E-state index contributed by atoms with van der Waals surface area (Å²) in [7, 11) is 1.66. The van der Waals surface area contributed by atoms with Gasteiger partial charge in [0.25, 0.3) is 0 Å². The summed E-state index contributed by atoms with van der Waals surface area (Å²) in [5.74, 6) is 0.0572. The van der Waals surface area contributed by atoms with E-state index in [-0.39, 0.29) is 12.0 Å². The van der Waals surface area contributed by atoms with E-state index in [1.54, 1.807) is 7.11 Å². The molecule has 0 heterocycles. The monoisotopic (exact) mass is 202 g/mol. The summed E-state index contributed by atoms with van der Waals surface area (Å²) in [4.78, 5) is 11.2. The average molecular weight is 202 g/mol. The maximum absolute atomic E-state index is 11.2. The fourth-order valence-electron chi connectivity index (χ4n) is 0.939. The van der Waals surface area contributed by atoms with Crippen molar-refractivity contribution in [3.05, 3.63) is 0 Å². The van der Waals surface area contributed by atoms with Crippen molar-refractivity contribution < 1.29 is 9.53 Å². The Morgan fingerprint density at radius 2 is 2.21 bits per heavy atom. The summed E-state index contributed by atoms with van der Waals surface area (Å²) < 4.78 is 5.04. The van der Waals surface area contributed by atoms with Gasteiger partial charge in [-0.05, 0) is 13.3 Å². The molecule has 0 saturated carbocycles. The standard InChI is InChI=1S/C10H22N2O2/c1-4-5-6-12-10(13)8-11-7-9(2)14-3/h9,11H,4-8H2,1-3H3,(H,12,13). The van der Waals surface area contributed by atoms with Crippen molar-refractivity contribution in [3.8, 4) is 0 Å². The molecule has 84 valence electrons. The number of nitrogens with one attached hydrogen (secondary N) is 2. The minimum Gasteiger partial charge on any atom is -0.380 e. The molecule has 4 heteroatoms. The van der Waals surface area contributed by atoms with Crippen LogP contribution in [0.2, 0.25) is 0 Å². The molecule has 0 aromatic heterocycles. The van der Waals surface area contributed by atoms with Gasteiger partial charge in [-0.15, -0.1) is 0 Å². The minimum absolute atomic E-state index is 0.0572. The van der Waals surface area contributed by atoms with Gasteiger partial charge in [-0.2, -0.15) is 0 Å². The molecule has 1 amide bonds. The van der Waals surface area contributed by atoms with E-state index in [1.807, 2.05) is 6.92 Å². The normalized spacial score (nSPS) is 12.5. The first-order valence-electron chi connectivity index (χ1n) is 5.20. The van der Waals surface area contributed by atoms with Crippen LogP contribution in [-0.4, -0.2) is 38.8 Å². The number of hydrogen-bond acceptors (Lipinski definition) is 3. The third-order valence-electron chi connectivity index (χ3n) is 1.97. The molecule has 0 aromatic carbocycles. The Morgan fingerprint density at radius 1 is 1.50 bits per heavy atom. The van der Waals surface area contributed by atoms with Gasteiger partial charge in [-0.25, -0.2) is 0 Å². The summed E-state index contributed by atoms with van der Waals surface area (Å²) in [5.41, 5.74) is 0. The van der Waals surface area contributed by atoms with Crippen LogP contribution in [0.5, 0.6) is 0 Å². The predicted octanol–water partition coefficient (Wildman–Crippen LogP) is 0.527. The van der Waals surface area contributed by atoms with Crippen molar-refractivity contribution in [2.24, 2.45) is 0 Å². The summed E-state index contributed by atoms with van der Waals surface area (Å²) in [6.07, 6.45) is 2.30. The number of rotatable bonds is 8. The van der Waals surface area contributed by atoms with Gasteiger partial charge >= 0.3 is 0 Å². The third-order valence-corrected chi connectivity index (χ3v) is 1.97. The Balaban J connectivity index is 3.26. The molecule has 1 atom stereocenters. The summed E-state index contributed by atoms with van der Waals surface area (Å²) >= 11 is 0. The first-order valence-corrected chi connectivity index (χ1v) is 5.20. The molecule has 1 unspecified atom stereocenters. The Bertz CT molecular complexity index is 151. The number of methoxy groups -OCH3 is 1. The molecular formula is C10H22N2O2. The second kappa shape index (κ2) is 8.97. The van der Waals surface area contributed by atoms with Crippen molar-refractivity contribution in [1.29, 1.82) is 0 Å². The van der Waals surface area contributed by atoms with E-state index in [0.29, 0.717) is 13.1 Å². The van der Waals surface area contributed by atoms with Gasteiger partial charge in [0.2, 0.25) is 5.91 Å². The highest BCUT2D eigenvalue weighted by Crippen LogP contribution is 1.84. The Morgan fingerprint density at radius 3 is 2.79 bits per heavy atom. The maximum atomic E-state index is 11.2. The van der Waals surface area contributed by atoms with Crippen LogP contribution < -0.4 is 10.6 Å². The van der Waals surface area contributed by atoms with Gasteiger partial charge < -0.3 is 15.4 Å². The number of carbonyl (C=O) groups is 1. The largest absolute Gasteiger partial charge is 0.380 e. The number of hydrogen-bond donors (Lipinski definition) is 2. The lowest BCUT2D eigenvalue weighted by molar-refractivity contribution is -0.120. The highest BCUT2D eigenvalue weighted by atomic mass is 16.5. The van der Waals surface area contributed by atoms with Crippen LogP contribution in [0.3, 0.4) is 0 Å². The van der Waals surface area contributed by atoms with Crippen LogP contribution in [0.25, 0.3) is 0 Å². The fraction of sp³-hybridized carbons (Fsp3) is 0.900. The molecule has 0 rings (SSSR count). The Kier molecular flexibility index (Phi) is 8.57. The van der Waals surface area contributed by atoms with E-state index in [2.05, 4.69) is 17.6 Å². The van der Waals surface area contributed by atoms with Crippen LogP contribution in [0.15, 0.2) is 0 Å². The van der Waals surface area contributed by atoms with Crippen LogP contribution >= 0.6 is 0 Å². The van der Waals surface area contributed by atoms with Gasteiger partial charge in [0, 0.05) is 20.2 Å². The topological polar surface area (TPSA) is 50.4 Å². The molecule has 0 aliphatic carbocycles. The maximum Gasteiger partial charge on any atom is 0.233 e. The molecule has 0 aromatic rings. The van der Waals surface area contributed by atoms with Gasteiger partial charge in [-0.3, -0.25) is 4.79 Å². The van der Waals surface area contributed by atoms with Crippen molar-refractivity contribution in [2.75, 3.05) is 26.7 Å². The molecule has 0 fully saturated rings. The van der Waals surface area contributed by atoms with Crippen LogP contribution in [0.1, 0.15) is 26.7 Å². The molecule has 0 spiro atoms. The summed E-state index contributed by atoms with van der Waals surface area (Å²) in [6, 6.07) is 0. The van der Waals surface area contributed by atoms with Crippen LogP contribution in [0, 0.1) is 0 Å². The number of carbonyl (C=O) groups excluding carboxylic acids is 1. The van der Waals surface area contributed by atoms with Gasteiger partial charge in [-0.1, -0.05) is 13.3 Å². The lowest BCUT2D eigenvalue weighted by Crippen LogP contribution is -2.37. The van der Waals surface area contributed by atoms with Gasteiger partial charge in [0.1, 0.15) is 0 Å². The lowest BCUT2D eigenvalue weighted by Gasteiger charge is -2.10. The lowest BCUT2D eigenvalue weighted by atomic mass is 10.3. The highest BCUT2D eigenvalue weighted by Gasteiger charge is 2.01. The molecule has 0 aliphatic heterocycles. The molecular weight excluding hydrogens is 180 g/mol. The summed E-state index contributed by atoms with van der Waals surface area (Å²) in [6.45, 7) is 5.92. The highest BCUT2D eigenvalue weighted by molar-refractivity contribution is 5.77.